The minimum atomic E-state index is -0.413. The first-order chi connectivity index (χ1) is 31.6. The Bertz CT molecular complexity index is 3440. The first-order valence-electron chi connectivity index (χ1n) is 21.8. The van der Waals surface area contributed by atoms with Crippen molar-refractivity contribution in [3.63, 3.8) is 0 Å². The molecule has 64 heavy (non-hydrogen) atoms. The van der Waals surface area contributed by atoms with Gasteiger partial charge in [-0.3, -0.25) is 0 Å². The topological polar surface area (TPSA) is 45.9 Å². The lowest BCUT2D eigenvalue weighted by molar-refractivity contribution is 0.436. The molecule has 0 radical (unpaired) electrons. The zero-order chi connectivity index (χ0) is 42.6. The van der Waals surface area contributed by atoms with Crippen LogP contribution in [0.4, 0.5) is 28.4 Å². The van der Waals surface area contributed by atoms with Gasteiger partial charge >= 0.3 is 0 Å². The van der Waals surface area contributed by atoms with E-state index in [1.165, 1.54) is 0 Å². The van der Waals surface area contributed by atoms with E-state index in [4.69, 9.17) is 13.3 Å². The lowest BCUT2D eigenvalue weighted by Gasteiger charge is -2.32. The van der Waals surface area contributed by atoms with Crippen LogP contribution in [0, 0.1) is 0 Å². The summed E-state index contributed by atoms with van der Waals surface area (Å²) in [5.41, 5.74) is 10.5. The number of hydrogen-bond donors (Lipinski definition) is 0. The van der Waals surface area contributed by atoms with Gasteiger partial charge in [0.15, 0.2) is 11.2 Å². The Morgan fingerprint density at radius 2 is 0.906 bits per heavy atom. The summed E-state index contributed by atoms with van der Waals surface area (Å²) >= 11 is 0. The van der Waals surface area contributed by atoms with Crippen LogP contribution in [0.3, 0.4) is 0 Å². The molecule has 12 rings (SSSR count). The first kappa shape index (κ1) is 37.5. The fraction of sp³-hybridized carbons (Fsp3) is 0.0508. The van der Waals surface area contributed by atoms with Crippen molar-refractivity contribution in [1.29, 1.82) is 0 Å². The Morgan fingerprint density at radius 1 is 0.422 bits per heavy atom. The van der Waals surface area contributed by atoms with Crippen LogP contribution in [0.2, 0.25) is 0 Å². The third-order valence-electron chi connectivity index (χ3n) is 12.6. The van der Waals surface area contributed by atoms with Gasteiger partial charge in [-0.15, -0.1) is 0 Å². The molecule has 0 saturated carbocycles. The van der Waals surface area contributed by atoms with Crippen molar-refractivity contribution in [3.8, 4) is 22.6 Å². The van der Waals surface area contributed by atoms with E-state index in [0.717, 1.165) is 113 Å². The number of hydrogen-bond acceptors (Lipinski definition) is 5. The molecular formula is C59H42N2O3. The number of anilines is 5. The summed E-state index contributed by atoms with van der Waals surface area (Å²) < 4.78 is 20.6. The molecule has 1 atom stereocenters. The highest BCUT2D eigenvalue weighted by Gasteiger charge is 2.32. The average Bonchev–Trinajstić information content (AvgIpc) is 4.12. The molecule has 0 amide bonds. The van der Waals surface area contributed by atoms with Crippen LogP contribution < -0.4 is 9.80 Å². The number of fused-ring (bicyclic) bond motifs is 7. The van der Waals surface area contributed by atoms with E-state index in [-0.39, 0.29) is 0 Å². The normalized spacial score (nSPS) is 15.0. The molecule has 0 saturated heterocycles. The smallest absolute Gasteiger partial charge is 0.178 e. The van der Waals surface area contributed by atoms with Crippen LogP contribution in [-0.4, -0.2) is 0 Å². The molecule has 0 spiro atoms. The van der Waals surface area contributed by atoms with Gasteiger partial charge < -0.3 is 23.1 Å². The number of furan rings is 3. The van der Waals surface area contributed by atoms with Crippen molar-refractivity contribution in [2.75, 3.05) is 9.80 Å². The van der Waals surface area contributed by atoms with Crippen molar-refractivity contribution >= 4 is 72.1 Å². The zero-order valence-electron chi connectivity index (χ0n) is 35.2. The summed E-state index contributed by atoms with van der Waals surface area (Å²) in [5, 5.41) is 5.17. The number of benzene rings is 8. The fourth-order valence-corrected chi connectivity index (χ4v) is 9.27. The molecule has 5 nitrogen and oxygen atoms in total. The molecule has 11 aromatic rings. The van der Waals surface area contributed by atoms with Crippen molar-refractivity contribution in [1.82, 2.24) is 0 Å². The molecule has 0 N–H and O–H groups in total. The lowest BCUT2D eigenvalue weighted by atomic mass is 9.80. The van der Waals surface area contributed by atoms with Gasteiger partial charge in [0.25, 0.3) is 0 Å². The molecular weight excluding hydrogens is 785 g/mol. The summed E-state index contributed by atoms with van der Waals surface area (Å²) in [5.74, 6) is 2.49. The Kier molecular flexibility index (Phi) is 8.94. The van der Waals surface area contributed by atoms with Crippen LogP contribution in [0.15, 0.2) is 243 Å². The third kappa shape index (κ3) is 6.49. The SMILES string of the molecule is CC1(c2cc3c4cc5oc(-c6ccccc6)cc5cc4c4cc(-c5ccc(N(c6ccccc6)c6ccccc6)cc5)oc4c3o2)C=CC(N(c2ccccc2)c2ccccc2)=CC1. The molecule has 3 heterocycles. The standard InChI is InChI=1S/C59H42N2O3/c1-59(33-31-48(32-34-59)61(45-23-13-5-14-24-45)46-25-15-6-16-26-46)56-39-52-50-37-55-42(36-53(62-55)40-17-7-2-8-18-40)35-49(50)51-38-54(63-57(51)58(52)64-56)41-27-29-47(30-28-41)60(43-19-9-3-10-20-43)44-21-11-4-12-22-44/h2-33,35-39H,34H2,1H3. The van der Waals surface area contributed by atoms with Gasteiger partial charge in [0.1, 0.15) is 22.9 Å². The van der Waals surface area contributed by atoms with Crippen molar-refractivity contribution in [3.05, 3.63) is 236 Å². The van der Waals surface area contributed by atoms with E-state index in [0.29, 0.717) is 0 Å². The highest BCUT2D eigenvalue weighted by atomic mass is 16.4. The fourth-order valence-electron chi connectivity index (χ4n) is 9.27. The van der Waals surface area contributed by atoms with Crippen molar-refractivity contribution in [2.24, 2.45) is 0 Å². The minimum absolute atomic E-state index is 0.413. The van der Waals surface area contributed by atoms with Crippen molar-refractivity contribution in [2.45, 2.75) is 18.8 Å². The number of allylic oxidation sites excluding steroid dienone is 3. The first-order valence-corrected chi connectivity index (χ1v) is 21.8. The second-order valence-electron chi connectivity index (χ2n) is 16.8. The lowest BCUT2D eigenvalue weighted by Crippen LogP contribution is -2.24. The zero-order valence-corrected chi connectivity index (χ0v) is 35.2. The quantitative estimate of drug-likeness (QED) is 0.145. The summed E-state index contributed by atoms with van der Waals surface area (Å²) in [6.45, 7) is 2.25. The van der Waals surface area contributed by atoms with Crippen LogP contribution in [-0.2, 0) is 5.41 Å². The average molecular weight is 827 g/mol. The Labute approximate surface area is 371 Å². The van der Waals surface area contributed by atoms with E-state index >= 15 is 0 Å². The van der Waals surface area contributed by atoms with E-state index < -0.39 is 5.41 Å². The Hall–Kier alpha value is -8.28. The number of rotatable bonds is 9. The predicted octanol–water partition coefficient (Wildman–Crippen LogP) is 16.8. The van der Waals surface area contributed by atoms with E-state index in [2.05, 4.69) is 211 Å². The molecule has 306 valence electrons. The highest BCUT2D eigenvalue weighted by molar-refractivity contribution is 6.25. The number of para-hydroxylation sites is 4. The Balaban J connectivity index is 0.980. The maximum atomic E-state index is 7.06. The van der Waals surface area contributed by atoms with Gasteiger partial charge in [-0.1, -0.05) is 115 Å². The molecule has 0 bridgehead atoms. The third-order valence-corrected chi connectivity index (χ3v) is 12.6. The van der Waals surface area contributed by atoms with Crippen LogP contribution in [0.1, 0.15) is 19.1 Å². The van der Waals surface area contributed by atoms with Crippen LogP contribution in [0.5, 0.6) is 0 Å². The van der Waals surface area contributed by atoms with Gasteiger partial charge in [0.2, 0.25) is 0 Å². The summed E-state index contributed by atoms with van der Waals surface area (Å²) in [6.07, 6.45) is 7.59. The maximum absolute atomic E-state index is 7.06. The summed E-state index contributed by atoms with van der Waals surface area (Å²) in [6, 6.07) is 71.8. The van der Waals surface area contributed by atoms with E-state index in [1.807, 2.05) is 30.3 Å². The van der Waals surface area contributed by atoms with E-state index in [1.54, 1.807) is 0 Å². The largest absolute Gasteiger partial charge is 0.456 e. The monoisotopic (exact) mass is 826 g/mol. The minimum Gasteiger partial charge on any atom is -0.456 e. The second-order valence-corrected chi connectivity index (χ2v) is 16.8. The van der Waals surface area contributed by atoms with Gasteiger partial charge in [0, 0.05) is 66.8 Å². The van der Waals surface area contributed by atoms with Crippen LogP contribution in [0.25, 0.3) is 66.3 Å². The molecule has 8 aromatic carbocycles. The summed E-state index contributed by atoms with van der Waals surface area (Å²) in [4.78, 5) is 4.57. The predicted molar refractivity (Wildman–Crippen MR) is 263 cm³/mol. The molecule has 1 aliphatic rings. The molecule has 3 aromatic heterocycles. The van der Waals surface area contributed by atoms with Crippen molar-refractivity contribution < 1.29 is 13.3 Å². The van der Waals surface area contributed by atoms with Gasteiger partial charge in [0.05, 0.1) is 0 Å². The molecule has 1 unspecified atom stereocenters. The second kappa shape index (κ2) is 15.3. The van der Waals surface area contributed by atoms with E-state index in [9.17, 15) is 0 Å². The Morgan fingerprint density at radius 3 is 1.48 bits per heavy atom. The van der Waals surface area contributed by atoms with Gasteiger partial charge in [-0.2, -0.15) is 0 Å². The van der Waals surface area contributed by atoms with Crippen LogP contribution >= 0.6 is 0 Å². The molecule has 0 fully saturated rings. The number of nitrogens with zero attached hydrogens (tertiary/aromatic N) is 2. The van der Waals surface area contributed by atoms with Gasteiger partial charge in [-0.25, -0.2) is 0 Å². The molecule has 1 aliphatic carbocycles. The highest BCUT2D eigenvalue weighted by Crippen LogP contribution is 2.47. The van der Waals surface area contributed by atoms with Gasteiger partial charge in [-0.05, 0) is 133 Å². The molecule has 5 heteroatoms. The molecule has 0 aliphatic heterocycles. The summed E-state index contributed by atoms with van der Waals surface area (Å²) in [7, 11) is 0. The maximum Gasteiger partial charge on any atom is 0.178 e.